The molecule has 2 aromatic rings. The van der Waals surface area contributed by atoms with Crippen LogP contribution in [0.5, 0.6) is 5.75 Å². The predicted molar refractivity (Wildman–Crippen MR) is 94.3 cm³/mol. The molecule has 0 bridgehead atoms. The topological polar surface area (TPSA) is 64.6 Å². The molecule has 4 rings (SSSR count). The maximum Gasteiger partial charge on any atom is 0.273 e. The Morgan fingerprint density at radius 3 is 3.08 bits per heavy atom. The standard InChI is InChI=1S/C17H18ClN3O3S/c1-10-20-15(9-25-10)17(22)21-6-11-2-14(24-16(11)7-21)8-23-13-3-12(18)4-19-5-13/h3-5,9,11,14,16H,2,6-8H2,1H3/t11-,14-,16+/m0/s1. The first-order valence-electron chi connectivity index (χ1n) is 8.18. The fraction of sp³-hybridized carbons (Fsp3) is 0.471. The molecule has 2 fully saturated rings. The Balaban J connectivity index is 1.29. The maximum absolute atomic E-state index is 12.5. The number of nitrogens with zero attached hydrogens (tertiary/aromatic N) is 3. The van der Waals surface area contributed by atoms with Gasteiger partial charge in [0.25, 0.3) is 5.91 Å². The number of aromatic nitrogens is 2. The number of carbonyl (C=O) groups excluding carboxylic acids is 1. The average Bonchev–Trinajstić information content (AvgIpc) is 3.26. The van der Waals surface area contributed by atoms with Gasteiger partial charge in [0.05, 0.1) is 28.4 Å². The summed E-state index contributed by atoms with van der Waals surface area (Å²) in [5.74, 6) is 0.999. The molecule has 6 nitrogen and oxygen atoms in total. The van der Waals surface area contributed by atoms with E-state index in [0.717, 1.165) is 18.0 Å². The van der Waals surface area contributed by atoms with Crippen LogP contribution in [0.4, 0.5) is 0 Å². The van der Waals surface area contributed by atoms with Gasteiger partial charge in [-0.15, -0.1) is 11.3 Å². The average molecular weight is 380 g/mol. The molecular formula is C17H18ClN3O3S. The number of hydrogen-bond donors (Lipinski definition) is 0. The minimum atomic E-state index is 0.000141. The van der Waals surface area contributed by atoms with Crippen LogP contribution >= 0.6 is 22.9 Å². The van der Waals surface area contributed by atoms with Crippen molar-refractivity contribution in [1.29, 1.82) is 0 Å². The van der Waals surface area contributed by atoms with Gasteiger partial charge < -0.3 is 14.4 Å². The van der Waals surface area contributed by atoms with E-state index in [9.17, 15) is 4.79 Å². The number of amides is 1. The molecule has 2 aliphatic heterocycles. The van der Waals surface area contributed by atoms with Crippen molar-refractivity contribution in [2.45, 2.75) is 25.6 Å². The molecule has 0 aromatic carbocycles. The van der Waals surface area contributed by atoms with Crippen molar-refractivity contribution in [3.63, 3.8) is 0 Å². The van der Waals surface area contributed by atoms with Crippen molar-refractivity contribution in [1.82, 2.24) is 14.9 Å². The number of fused-ring (bicyclic) bond motifs is 1. The summed E-state index contributed by atoms with van der Waals surface area (Å²) in [6, 6.07) is 1.74. The number of hydrogen-bond acceptors (Lipinski definition) is 6. The molecule has 8 heteroatoms. The minimum Gasteiger partial charge on any atom is -0.489 e. The number of ether oxygens (including phenoxy) is 2. The molecule has 1 amide bonds. The number of thiazole rings is 1. The first-order chi connectivity index (χ1) is 12.1. The van der Waals surface area contributed by atoms with Crippen LogP contribution in [0.3, 0.4) is 0 Å². The smallest absolute Gasteiger partial charge is 0.273 e. The Morgan fingerprint density at radius 1 is 1.48 bits per heavy atom. The van der Waals surface area contributed by atoms with Crippen LogP contribution in [0.2, 0.25) is 5.02 Å². The van der Waals surface area contributed by atoms with E-state index in [0.29, 0.717) is 35.5 Å². The van der Waals surface area contributed by atoms with E-state index in [1.807, 2.05) is 17.2 Å². The maximum atomic E-state index is 12.5. The number of carbonyl (C=O) groups is 1. The molecule has 2 aromatic heterocycles. The van der Waals surface area contributed by atoms with Gasteiger partial charge in [-0.05, 0) is 13.3 Å². The highest BCUT2D eigenvalue weighted by Gasteiger charge is 2.44. The Labute approximate surface area is 154 Å². The van der Waals surface area contributed by atoms with Crippen molar-refractivity contribution >= 4 is 28.8 Å². The monoisotopic (exact) mass is 379 g/mol. The molecule has 0 spiro atoms. The van der Waals surface area contributed by atoms with Gasteiger partial charge in [-0.3, -0.25) is 9.78 Å². The molecule has 25 heavy (non-hydrogen) atoms. The number of rotatable bonds is 4. The molecule has 4 heterocycles. The molecule has 0 unspecified atom stereocenters. The lowest BCUT2D eigenvalue weighted by Crippen LogP contribution is -2.32. The SMILES string of the molecule is Cc1nc(C(=O)N2C[C@@H]3C[C@@H](COc4cncc(Cl)c4)O[C@@H]3C2)cs1. The second kappa shape index (κ2) is 6.90. The van der Waals surface area contributed by atoms with Crippen LogP contribution in [-0.4, -0.2) is 52.7 Å². The van der Waals surface area contributed by atoms with Gasteiger partial charge >= 0.3 is 0 Å². The van der Waals surface area contributed by atoms with E-state index < -0.39 is 0 Å². The molecule has 0 saturated carbocycles. The van der Waals surface area contributed by atoms with Gasteiger partial charge in [0.15, 0.2) is 0 Å². The highest BCUT2D eigenvalue weighted by atomic mass is 35.5. The number of aryl methyl sites for hydroxylation is 1. The van der Waals surface area contributed by atoms with Crippen LogP contribution in [0.1, 0.15) is 21.9 Å². The van der Waals surface area contributed by atoms with Crippen molar-refractivity contribution in [3.05, 3.63) is 39.6 Å². The quantitative estimate of drug-likeness (QED) is 0.817. The zero-order valence-electron chi connectivity index (χ0n) is 13.7. The molecule has 0 aliphatic carbocycles. The lowest BCUT2D eigenvalue weighted by Gasteiger charge is -2.19. The summed E-state index contributed by atoms with van der Waals surface area (Å²) in [4.78, 5) is 22.6. The highest BCUT2D eigenvalue weighted by Crippen LogP contribution is 2.34. The largest absolute Gasteiger partial charge is 0.489 e. The van der Waals surface area contributed by atoms with Gasteiger partial charge in [-0.25, -0.2) is 4.98 Å². The van der Waals surface area contributed by atoms with Crippen molar-refractivity contribution < 1.29 is 14.3 Å². The molecule has 0 N–H and O–H groups in total. The molecule has 2 saturated heterocycles. The fourth-order valence-corrected chi connectivity index (χ4v) is 4.17. The summed E-state index contributed by atoms with van der Waals surface area (Å²) in [5.41, 5.74) is 0.538. The number of likely N-dealkylation sites (tertiary alicyclic amines) is 1. The third-order valence-corrected chi connectivity index (χ3v) is 5.54. The lowest BCUT2D eigenvalue weighted by molar-refractivity contribution is 0.0130. The lowest BCUT2D eigenvalue weighted by atomic mass is 10.0. The molecular weight excluding hydrogens is 362 g/mol. The summed E-state index contributed by atoms with van der Waals surface area (Å²) in [7, 11) is 0. The summed E-state index contributed by atoms with van der Waals surface area (Å²) >= 11 is 7.40. The van der Waals surface area contributed by atoms with Crippen LogP contribution in [0.25, 0.3) is 0 Å². The van der Waals surface area contributed by atoms with Gasteiger partial charge in [-0.1, -0.05) is 11.6 Å². The Morgan fingerprint density at radius 2 is 2.36 bits per heavy atom. The van der Waals surface area contributed by atoms with Crippen LogP contribution in [0.15, 0.2) is 23.8 Å². The Bertz CT molecular complexity index is 770. The number of pyridine rings is 1. The zero-order chi connectivity index (χ0) is 17.4. The first-order valence-corrected chi connectivity index (χ1v) is 9.44. The van der Waals surface area contributed by atoms with Gasteiger partial charge in [-0.2, -0.15) is 0 Å². The summed E-state index contributed by atoms with van der Waals surface area (Å²) < 4.78 is 11.8. The van der Waals surface area contributed by atoms with E-state index in [4.69, 9.17) is 21.1 Å². The van der Waals surface area contributed by atoms with Crippen LogP contribution < -0.4 is 4.74 Å². The zero-order valence-corrected chi connectivity index (χ0v) is 15.3. The van der Waals surface area contributed by atoms with E-state index >= 15 is 0 Å². The Hall–Kier alpha value is -1.70. The normalized spacial score (nSPS) is 25.2. The first kappa shape index (κ1) is 16.8. The van der Waals surface area contributed by atoms with E-state index in [-0.39, 0.29) is 18.1 Å². The fourth-order valence-electron chi connectivity index (χ4n) is 3.42. The highest BCUT2D eigenvalue weighted by molar-refractivity contribution is 7.09. The predicted octanol–water partition coefficient (Wildman–Crippen LogP) is 2.81. The summed E-state index contributed by atoms with van der Waals surface area (Å²) in [5, 5.41) is 3.28. The van der Waals surface area contributed by atoms with Crippen molar-refractivity contribution in [2.75, 3.05) is 19.7 Å². The third-order valence-electron chi connectivity index (χ3n) is 4.55. The van der Waals surface area contributed by atoms with E-state index in [1.165, 1.54) is 11.3 Å². The van der Waals surface area contributed by atoms with Crippen LogP contribution in [0, 0.1) is 12.8 Å². The van der Waals surface area contributed by atoms with Crippen molar-refractivity contribution in [2.24, 2.45) is 5.92 Å². The van der Waals surface area contributed by atoms with Gasteiger partial charge in [0.1, 0.15) is 18.1 Å². The molecule has 0 radical (unpaired) electrons. The van der Waals surface area contributed by atoms with Gasteiger partial charge in [0.2, 0.25) is 0 Å². The second-order valence-corrected chi connectivity index (χ2v) is 7.90. The van der Waals surface area contributed by atoms with E-state index in [2.05, 4.69) is 9.97 Å². The molecule has 3 atom stereocenters. The molecule has 132 valence electrons. The van der Waals surface area contributed by atoms with E-state index in [1.54, 1.807) is 18.5 Å². The van der Waals surface area contributed by atoms with Crippen LogP contribution in [-0.2, 0) is 4.74 Å². The summed E-state index contributed by atoms with van der Waals surface area (Å²) in [6.07, 6.45) is 4.21. The van der Waals surface area contributed by atoms with Crippen molar-refractivity contribution in [3.8, 4) is 5.75 Å². The Kier molecular flexibility index (Phi) is 4.62. The number of halogens is 1. The second-order valence-electron chi connectivity index (χ2n) is 6.40. The minimum absolute atomic E-state index is 0.000141. The summed E-state index contributed by atoms with van der Waals surface area (Å²) in [6.45, 7) is 3.71. The molecule has 2 aliphatic rings. The van der Waals surface area contributed by atoms with Gasteiger partial charge in [0, 0.05) is 36.7 Å². The third kappa shape index (κ3) is 3.63.